The lowest BCUT2D eigenvalue weighted by Crippen LogP contribution is -2.30. The van der Waals surface area contributed by atoms with Crippen molar-refractivity contribution in [1.82, 2.24) is 19.7 Å². The summed E-state index contributed by atoms with van der Waals surface area (Å²) < 4.78 is 1.40. The highest BCUT2D eigenvalue weighted by Crippen LogP contribution is 2.06. The van der Waals surface area contributed by atoms with Gasteiger partial charge in [0.05, 0.1) is 11.6 Å². The van der Waals surface area contributed by atoms with Crippen molar-refractivity contribution >= 4 is 11.9 Å². The van der Waals surface area contributed by atoms with E-state index in [0.29, 0.717) is 12.1 Å². The molecule has 1 heterocycles. The fourth-order valence-electron chi connectivity index (χ4n) is 1.69. The molecule has 0 bridgehead atoms. The summed E-state index contributed by atoms with van der Waals surface area (Å²) in [6.07, 6.45) is 1.42. The number of aromatic nitrogens is 3. The second kappa shape index (κ2) is 5.84. The molecule has 1 aromatic heterocycles. The fraction of sp³-hybridized carbons (Fsp3) is 0.231. The molecule has 0 spiro atoms. The van der Waals surface area contributed by atoms with Crippen LogP contribution < -0.4 is 5.73 Å². The number of likely N-dealkylation sites (N-methyl/N-ethyl adjacent to an activating group) is 1. The van der Waals surface area contributed by atoms with E-state index in [1.54, 1.807) is 24.1 Å². The number of amides is 1. The van der Waals surface area contributed by atoms with Gasteiger partial charge >= 0.3 is 0 Å². The summed E-state index contributed by atoms with van der Waals surface area (Å²) in [7, 11) is 1.71. The number of nitrogen functional groups attached to an aromatic ring is 1. The van der Waals surface area contributed by atoms with Crippen LogP contribution in [0.15, 0.2) is 30.6 Å². The molecule has 7 nitrogen and oxygen atoms in total. The van der Waals surface area contributed by atoms with Gasteiger partial charge in [0, 0.05) is 13.6 Å². The zero-order valence-corrected chi connectivity index (χ0v) is 11.0. The summed E-state index contributed by atoms with van der Waals surface area (Å²) in [5.74, 6) is 0.0480. The van der Waals surface area contributed by atoms with Gasteiger partial charge in [-0.3, -0.25) is 4.79 Å². The van der Waals surface area contributed by atoms with E-state index in [-0.39, 0.29) is 18.4 Å². The second-order valence-corrected chi connectivity index (χ2v) is 4.36. The van der Waals surface area contributed by atoms with Crippen molar-refractivity contribution in [2.75, 3.05) is 12.8 Å². The number of nitriles is 1. The Hall–Kier alpha value is -2.88. The van der Waals surface area contributed by atoms with Crippen molar-refractivity contribution in [3.8, 4) is 6.07 Å². The first kappa shape index (κ1) is 13.5. The van der Waals surface area contributed by atoms with E-state index in [9.17, 15) is 4.79 Å². The maximum atomic E-state index is 12.0. The lowest BCUT2D eigenvalue weighted by atomic mass is 10.1. The van der Waals surface area contributed by atoms with Crippen molar-refractivity contribution < 1.29 is 4.79 Å². The van der Waals surface area contributed by atoms with Gasteiger partial charge in [0.1, 0.15) is 12.9 Å². The van der Waals surface area contributed by atoms with E-state index in [4.69, 9.17) is 11.0 Å². The van der Waals surface area contributed by atoms with Gasteiger partial charge in [0.2, 0.25) is 11.9 Å². The summed E-state index contributed by atoms with van der Waals surface area (Å²) in [6, 6.07) is 9.17. The van der Waals surface area contributed by atoms with Crippen LogP contribution in [0.1, 0.15) is 11.1 Å². The van der Waals surface area contributed by atoms with Crippen molar-refractivity contribution in [2.24, 2.45) is 0 Å². The van der Waals surface area contributed by atoms with Gasteiger partial charge in [-0.05, 0) is 17.7 Å². The smallest absolute Gasteiger partial charge is 0.244 e. The van der Waals surface area contributed by atoms with Crippen molar-refractivity contribution in [2.45, 2.75) is 13.1 Å². The number of carbonyl (C=O) groups is 1. The Morgan fingerprint density at radius 2 is 2.15 bits per heavy atom. The van der Waals surface area contributed by atoms with Crippen LogP contribution in [0.25, 0.3) is 0 Å². The second-order valence-electron chi connectivity index (χ2n) is 4.36. The zero-order valence-electron chi connectivity index (χ0n) is 11.0. The molecule has 20 heavy (non-hydrogen) atoms. The third-order valence-electron chi connectivity index (χ3n) is 2.78. The number of rotatable bonds is 4. The van der Waals surface area contributed by atoms with Gasteiger partial charge < -0.3 is 10.6 Å². The van der Waals surface area contributed by atoms with E-state index in [1.165, 1.54) is 11.0 Å². The Morgan fingerprint density at radius 1 is 1.45 bits per heavy atom. The molecule has 0 radical (unpaired) electrons. The minimum absolute atomic E-state index is 0.0942. The Bertz CT molecular complexity index is 640. The minimum atomic E-state index is -0.0979. The molecule has 1 amide bonds. The molecule has 0 atom stereocenters. The first-order chi connectivity index (χ1) is 9.58. The lowest BCUT2D eigenvalue weighted by Gasteiger charge is -2.17. The summed E-state index contributed by atoms with van der Waals surface area (Å²) in [6.45, 7) is 0.561. The Kier molecular flexibility index (Phi) is 3.96. The molecule has 0 aliphatic rings. The van der Waals surface area contributed by atoms with Crippen LogP contribution in [0.2, 0.25) is 0 Å². The molecule has 0 saturated carbocycles. The van der Waals surface area contributed by atoms with Crippen LogP contribution in [0.5, 0.6) is 0 Å². The SMILES string of the molecule is CN(Cc1ccc(C#N)cc1)C(=O)Cn1cnc(N)n1. The monoisotopic (exact) mass is 270 g/mol. The topological polar surface area (TPSA) is 101 Å². The van der Waals surface area contributed by atoms with Crippen molar-refractivity contribution in [3.63, 3.8) is 0 Å². The highest BCUT2D eigenvalue weighted by atomic mass is 16.2. The molecule has 0 fully saturated rings. The molecule has 2 N–H and O–H groups in total. The van der Waals surface area contributed by atoms with Crippen LogP contribution in [0.4, 0.5) is 5.95 Å². The summed E-state index contributed by atoms with van der Waals surface area (Å²) in [4.78, 5) is 17.3. The average Bonchev–Trinajstić information content (AvgIpc) is 2.85. The fourth-order valence-corrected chi connectivity index (χ4v) is 1.69. The zero-order chi connectivity index (χ0) is 14.5. The maximum absolute atomic E-state index is 12.0. The average molecular weight is 270 g/mol. The van der Waals surface area contributed by atoms with Gasteiger partial charge in [-0.1, -0.05) is 12.1 Å². The highest BCUT2D eigenvalue weighted by molar-refractivity contribution is 5.75. The van der Waals surface area contributed by atoms with Crippen molar-refractivity contribution in [1.29, 1.82) is 5.26 Å². The third kappa shape index (κ3) is 3.32. The van der Waals surface area contributed by atoms with Gasteiger partial charge in [-0.25, -0.2) is 9.67 Å². The quantitative estimate of drug-likeness (QED) is 0.866. The largest absolute Gasteiger partial charge is 0.367 e. The standard InChI is InChI=1S/C13H14N6O/c1-18(7-11-4-2-10(6-14)3-5-11)12(20)8-19-9-16-13(15)17-19/h2-5,9H,7-8H2,1H3,(H2,15,17). The number of nitrogens with two attached hydrogens (primary N) is 1. The third-order valence-corrected chi connectivity index (χ3v) is 2.78. The molecule has 1 aromatic carbocycles. The molecular formula is C13H14N6O. The Morgan fingerprint density at radius 3 is 2.70 bits per heavy atom. The number of nitrogens with zero attached hydrogens (tertiary/aromatic N) is 5. The van der Waals surface area contributed by atoms with Crippen LogP contribution >= 0.6 is 0 Å². The molecule has 0 aliphatic heterocycles. The Balaban J connectivity index is 1.95. The van der Waals surface area contributed by atoms with E-state index in [1.807, 2.05) is 12.1 Å². The molecule has 0 unspecified atom stereocenters. The van der Waals surface area contributed by atoms with Crippen LogP contribution in [-0.4, -0.2) is 32.6 Å². The van der Waals surface area contributed by atoms with Gasteiger partial charge in [-0.15, -0.1) is 5.10 Å². The maximum Gasteiger partial charge on any atom is 0.244 e. The molecule has 2 rings (SSSR count). The number of anilines is 1. The van der Waals surface area contributed by atoms with Crippen LogP contribution in [0.3, 0.4) is 0 Å². The number of hydrogen-bond acceptors (Lipinski definition) is 5. The molecule has 7 heteroatoms. The van der Waals surface area contributed by atoms with Gasteiger partial charge in [-0.2, -0.15) is 5.26 Å². The Labute approximate surface area is 116 Å². The molecule has 2 aromatic rings. The molecule has 0 aliphatic carbocycles. The highest BCUT2D eigenvalue weighted by Gasteiger charge is 2.11. The van der Waals surface area contributed by atoms with Gasteiger partial charge in [0.15, 0.2) is 0 Å². The molecule has 0 saturated heterocycles. The van der Waals surface area contributed by atoms with E-state index in [2.05, 4.69) is 16.2 Å². The lowest BCUT2D eigenvalue weighted by molar-refractivity contribution is -0.131. The van der Waals surface area contributed by atoms with Gasteiger partial charge in [0.25, 0.3) is 0 Å². The molecule has 102 valence electrons. The minimum Gasteiger partial charge on any atom is -0.367 e. The predicted molar refractivity (Wildman–Crippen MR) is 72.1 cm³/mol. The summed E-state index contributed by atoms with van der Waals surface area (Å²) in [5, 5.41) is 12.6. The first-order valence-electron chi connectivity index (χ1n) is 5.96. The molecular weight excluding hydrogens is 256 g/mol. The van der Waals surface area contributed by atoms with Crippen LogP contribution in [-0.2, 0) is 17.9 Å². The number of carbonyl (C=O) groups excluding carboxylic acids is 1. The first-order valence-corrected chi connectivity index (χ1v) is 5.96. The summed E-state index contributed by atoms with van der Waals surface area (Å²) >= 11 is 0. The van der Waals surface area contributed by atoms with Crippen LogP contribution in [0, 0.1) is 11.3 Å². The predicted octanol–water partition coefficient (Wildman–Crippen LogP) is 0.391. The van der Waals surface area contributed by atoms with E-state index in [0.717, 1.165) is 5.56 Å². The van der Waals surface area contributed by atoms with Crippen molar-refractivity contribution in [3.05, 3.63) is 41.7 Å². The van der Waals surface area contributed by atoms with E-state index >= 15 is 0 Å². The number of hydrogen-bond donors (Lipinski definition) is 1. The van der Waals surface area contributed by atoms with E-state index < -0.39 is 0 Å². The number of benzene rings is 1. The summed E-state index contributed by atoms with van der Waals surface area (Å²) in [5.41, 5.74) is 6.94. The normalized spacial score (nSPS) is 10.0.